The van der Waals surface area contributed by atoms with Crippen molar-refractivity contribution in [3.8, 4) is 17.2 Å². The topological polar surface area (TPSA) is 75.7 Å². The van der Waals surface area contributed by atoms with E-state index in [-0.39, 0.29) is 18.0 Å². The zero-order valence-corrected chi connectivity index (χ0v) is 6.74. The van der Waals surface area contributed by atoms with Gasteiger partial charge in [-0.2, -0.15) is 0 Å². The van der Waals surface area contributed by atoms with Crippen molar-refractivity contribution in [3.05, 3.63) is 17.7 Å². The fourth-order valence-corrected chi connectivity index (χ4v) is 0.944. The van der Waals surface area contributed by atoms with E-state index in [4.69, 9.17) is 10.5 Å². The summed E-state index contributed by atoms with van der Waals surface area (Å²) in [6, 6.07) is 2.81. The van der Waals surface area contributed by atoms with Crippen molar-refractivity contribution in [2.24, 2.45) is 5.73 Å². The van der Waals surface area contributed by atoms with E-state index >= 15 is 0 Å². The second kappa shape index (κ2) is 3.32. The van der Waals surface area contributed by atoms with Gasteiger partial charge in [-0.15, -0.1) is 0 Å². The van der Waals surface area contributed by atoms with Gasteiger partial charge in [0.05, 0.1) is 7.11 Å². The first-order valence-corrected chi connectivity index (χ1v) is 3.48. The first-order valence-electron chi connectivity index (χ1n) is 3.48. The molecule has 0 unspecified atom stereocenters. The number of rotatable bonds is 2. The van der Waals surface area contributed by atoms with Crippen LogP contribution < -0.4 is 10.5 Å². The zero-order valence-electron chi connectivity index (χ0n) is 6.74. The van der Waals surface area contributed by atoms with Gasteiger partial charge in [0, 0.05) is 24.2 Å². The molecule has 4 heteroatoms. The third-order valence-electron chi connectivity index (χ3n) is 1.62. The summed E-state index contributed by atoms with van der Waals surface area (Å²) in [6.07, 6.45) is 0. The molecule has 66 valence electrons. The van der Waals surface area contributed by atoms with Crippen molar-refractivity contribution in [1.29, 1.82) is 0 Å². The number of hydrogen-bond acceptors (Lipinski definition) is 4. The Bertz CT molecular complexity index is 263. The Morgan fingerprint density at radius 3 is 2.17 bits per heavy atom. The smallest absolute Gasteiger partial charge is 0.127 e. The molecule has 0 aliphatic rings. The molecule has 4 nitrogen and oxygen atoms in total. The molecule has 0 aliphatic carbocycles. The third-order valence-corrected chi connectivity index (χ3v) is 1.62. The lowest BCUT2D eigenvalue weighted by atomic mass is 10.1. The second-order valence-corrected chi connectivity index (χ2v) is 2.35. The number of ether oxygens (including phenoxy) is 1. The summed E-state index contributed by atoms with van der Waals surface area (Å²) in [5.41, 5.74) is 5.61. The van der Waals surface area contributed by atoms with Gasteiger partial charge in [-0.05, 0) is 0 Å². The molecular formula is C8H11NO3. The molecule has 0 saturated heterocycles. The second-order valence-electron chi connectivity index (χ2n) is 2.35. The van der Waals surface area contributed by atoms with Gasteiger partial charge in [0.15, 0.2) is 0 Å². The fraction of sp³-hybridized carbons (Fsp3) is 0.250. The molecule has 0 bridgehead atoms. The van der Waals surface area contributed by atoms with E-state index in [1.807, 2.05) is 0 Å². The zero-order chi connectivity index (χ0) is 9.14. The predicted octanol–water partition coefficient (Wildman–Crippen LogP) is 0.565. The maximum Gasteiger partial charge on any atom is 0.127 e. The van der Waals surface area contributed by atoms with Crippen LogP contribution in [0.3, 0.4) is 0 Å². The standard InChI is InChI=1S/C8H11NO3/c1-12-5-2-7(10)6(4-9)8(11)3-5/h2-3,10-11H,4,9H2,1H3. The van der Waals surface area contributed by atoms with Crippen LogP contribution in [0.2, 0.25) is 0 Å². The van der Waals surface area contributed by atoms with Crippen LogP contribution in [0.15, 0.2) is 12.1 Å². The minimum absolute atomic E-state index is 0.0469. The number of methoxy groups -OCH3 is 1. The highest BCUT2D eigenvalue weighted by atomic mass is 16.5. The summed E-state index contributed by atoms with van der Waals surface area (Å²) in [5, 5.41) is 18.6. The summed E-state index contributed by atoms with van der Waals surface area (Å²) in [4.78, 5) is 0. The van der Waals surface area contributed by atoms with E-state index in [1.54, 1.807) is 0 Å². The van der Waals surface area contributed by atoms with Crippen LogP contribution in [0.1, 0.15) is 5.56 Å². The fourth-order valence-electron chi connectivity index (χ4n) is 0.944. The maximum atomic E-state index is 9.28. The normalized spacial score (nSPS) is 9.83. The van der Waals surface area contributed by atoms with Crippen molar-refractivity contribution >= 4 is 0 Å². The summed E-state index contributed by atoms with van der Waals surface area (Å²) in [7, 11) is 1.45. The molecule has 12 heavy (non-hydrogen) atoms. The van der Waals surface area contributed by atoms with E-state index in [9.17, 15) is 10.2 Å². The molecule has 1 rings (SSSR count). The van der Waals surface area contributed by atoms with Crippen LogP contribution in [0.25, 0.3) is 0 Å². The Morgan fingerprint density at radius 2 is 1.83 bits per heavy atom. The maximum absolute atomic E-state index is 9.28. The van der Waals surface area contributed by atoms with E-state index in [0.717, 1.165) is 0 Å². The quantitative estimate of drug-likeness (QED) is 0.604. The Balaban J connectivity index is 3.18. The van der Waals surface area contributed by atoms with E-state index in [0.29, 0.717) is 11.3 Å². The molecule has 0 aromatic heterocycles. The van der Waals surface area contributed by atoms with E-state index < -0.39 is 0 Å². The van der Waals surface area contributed by atoms with Crippen molar-refractivity contribution < 1.29 is 14.9 Å². The first kappa shape index (κ1) is 8.67. The first-order chi connectivity index (χ1) is 5.69. The number of hydrogen-bond donors (Lipinski definition) is 3. The van der Waals surface area contributed by atoms with Crippen LogP contribution in [0.4, 0.5) is 0 Å². The van der Waals surface area contributed by atoms with Crippen LogP contribution in [0, 0.1) is 0 Å². The molecule has 0 fully saturated rings. The van der Waals surface area contributed by atoms with Crippen molar-refractivity contribution in [3.63, 3.8) is 0 Å². The van der Waals surface area contributed by atoms with Crippen LogP contribution >= 0.6 is 0 Å². The molecule has 0 aliphatic heterocycles. The lowest BCUT2D eigenvalue weighted by Gasteiger charge is -2.06. The van der Waals surface area contributed by atoms with Crippen molar-refractivity contribution in [1.82, 2.24) is 0 Å². The molecule has 1 aromatic carbocycles. The van der Waals surface area contributed by atoms with Gasteiger partial charge in [-0.1, -0.05) is 0 Å². The number of phenolic OH excluding ortho intramolecular Hbond substituents is 2. The lowest BCUT2D eigenvalue weighted by Crippen LogP contribution is -1.97. The number of aromatic hydroxyl groups is 2. The average molecular weight is 169 g/mol. The third kappa shape index (κ3) is 1.43. The average Bonchev–Trinajstić information content (AvgIpc) is 2.03. The molecule has 1 aromatic rings. The summed E-state index contributed by atoms with van der Waals surface area (Å²) in [6.45, 7) is 0.0989. The van der Waals surface area contributed by atoms with Crippen LogP contribution in [-0.2, 0) is 6.54 Å². The molecule has 0 atom stereocenters. The number of benzene rings is 1. The van der Waals surface area contributed by atoms with E-state index in [2.05, 4.69) is 0 Å². The molecular weight excluding hydrogens is 158 g/mol. The molecule has 0 saturated carbocycles. The minimum atomic E-state index is -0.0469. The van der Waals surface area contributed by atoms with Gasteiger partial charge in [0.1, 0.15) is 17.2 Å². The van der Waals surface area contributed by atoms with Gasteiger partial charge < -0.3 is 20.7 Å². The minimum Gasteiger partial charge on any atom is -0.507 e. The van der Waals surface area contributed by atoms with E-state index in [1.165, 1.54) is 19.2 Å². The van der Waals surface area contributed by atoms with Crippen LogP contribution in [-0.4, -0.2) is 17.3 Å². The highest BCUT2D eigenvalue weighted by Gasteiger charge is 2.07. The largest absolute Gasteiger partial charge is 0.507 e. The predicted molar refractivity (Wildman–Crippen MR) is 44.2 cm³/mol. The Hall–Kier alpha value is -1.42. The van der Waals surface area contributed by atoms with Crippen molar-refractivity contribution in [2.75, 3.05) is 7.11 Å². The lowest BCUT2D eigenvalue weighted by molar-refractivity contribution is 0.394. The molecule has 4 N–H and O–H groups in total. The van der Waals surface area contributed by atoms with Gasteiger partial charge in [0.2, 0.25) is 0 Å². The highest BCUT2D eigenvalue weighted by Crippen LogP contribution is 2.31. The molecule has 0 radical (unpaired) electrons. The SMILES string of the molecule is COc1cc(O)c(CN)c(O)c1. The molecule has 0 spiro atoms. The summed E-state index contributed by atoms with van der Waals surface area (Å²) in [5.74, 6) is 0.311. The molecule has 0 amide bonds. The highest BCUT2D eigenvalue weighted by molar-refractivity contribution is 5.48. The molecule has 0 heterocycles. The number of nitrogens with two attached hydrogens (primary N) is 1. The monoisotopic (exact) mass is 169 g/mol. The van der Waals surface area contributed by atoms with Gasteiger partial charge >= 0.3 is 0 Å². The summed E-state index contributed by atoms with van der Waals surface area (Å²) >= 11 is 0. The van der Waals surface area contributed by atoms with Gasteiger partial charge in [-0.25, -0.2) is 0 Å². The number of phenols is 2. The Kier molecular flexibility index (Phi) is 2.40. The van der Waals surface area contributed by atoms with Crippen LogP contribution in [0.5, 0.6) is 17.2 Å². The van der Waals surface area contributed by atoms with Gasteiger partial charge in [0.25, 0.3) is 0 Å². The van der Waals surface area contributed by atoms with Gasteiger partial charge in [-0.3, -0.25) is 0 Å². The Morgan fingerprint density at radius 1 is 1.33 bits per heavy atom. The summed E-state index contributed by atoms with van der Waals surface area (Å²) < 4.78 is 4.81. The Labute approximate surface area is 70.2 Å². The van der Waals surface area contributed by atoms with Crippen molar-refractivity contribution in [2.45, 2.75) is 6.54 Å².